The third-order valence-electron chi connectivity index (χ3n) is 6.10. The maximum absolute atomic E-state index is 13.2. The molecule has 0 saturated heterocycles. The Balaban J connectivity index is 2.13. The molecule has 6 nitrogen and oxygen atoms in total. The molecule has 3 rings (SSSR count). The molecule has 1 aromatic heterocycles. The Hall–Kier alpha value is -2.89. The molecule has 2 aliphatic rings. The molecule has 0 fully saturated rings. The molecule has 1 heterocycles. The lowest BCUT2D eigenvalue weighted by Gasteiger charge is -2.49. The molecule has 0 N–H and O–H groups in total. The highest BCUT2D eigenvalue weighted by Gasteiger charge is 2.58. The van der Waals surface area contributed by atoms with Gasteiger partial charge in [0.05, 0.1) is 6.26 Å². The molecular weight excluding hydrogens is 372 g/mol. The molecule has 29 heavy (non-hydrogen) atoms. The fourth-order valence-corrected chi connectivity index (χ4v) is 4.16. The number of furan rings is 1. The molecule has 0 aromatic carbocycles. The van der Waals surface area contributed by atoms with Gasteiger partial charge in [0, 0.05) is 40.0 Å². The molecule has 0 spiro atoms. The van der Waals surface area contributed by atoms with Gasteiger partial charge in [-0.1, -0.05) is 33.1 Å². The summed E-state index contributed by atoms with van der Waals surface area (Å²) < 4.78 is 17.0. The highest BCUT2D eigenvalue weighted by molar-refractivity contribution is 6.10. The van der Waals surface area contributed by atoms with Gasteiger partial charge >= 0.3 is 11.9 Å². The molecule has 154 valence electrons. The van der Waals surface area contributed by atoms with Gasteiger partial charge in [-0.2, -0.15) is 0 Å². The van der Waals surface area contributed by atoms with Crippen LogP contribution in [0.3, 0.4) is 0 Å². The highest BCUT2D eigenvalue weighted by Crippen LogP contribution is 2.58. The van der Waals surface area contributed by atoms with Crippen molar-refractivity contribution in [1.29, 1.82) is 0 Å². The van der Waals surface area contributed by atoms with Crippen LogP contribution in [0.25, 0.3) is 0 Å². The van der Waals surface area contributed by atoms with E-state index in [0.717, 1.165) is 5.56 Å². The van der Waals surface area contributed by atoms with Crippen molar-refractivity contribution in [2.45, 2.75) is 53.2 Å². The van der Waals surface area contributed by atoms with Gasteiger partial charge in [-0.15, -0.1) is 0 Å². The van der Waals surface area contributed by atoms with Gasteiger partial charge in [0.25, 0.3) is 0 Å². The number of hydrogen-bond acceptors (Lipinski definition) is 6. The number of carbonyl (C=O) groups excluding carboxylic acids is 3. The molecular formula is C23H26O6. The maximum Gasteiger partial charge on any atom is 0.333 e. The van der Waals surface area contributed by atoms with Crippen molar-refractivity contribution in [2.75, 3.05) is 0 Å². The van der Waals surface area contributed by atoms with Gasteiger partial charge in [-0.25, -0.2) is 9.59 Å². The van der Waals surface area contributed by atoms with Crippen LogP contribution in [0.2, 0.25) is 0 Å². The van der Waals surface area contributed by atoms with E-state index in [4.69, 9.17) is 13.9 Å². The van der Waals surface area contributed by atoms with E-state index in [1.165, 1.54) is 6.26 Å². The Kier molecular flexibility index (Phi) is 5.15. The summed E-state index contributed by atoms with van der Waals surface area (Å²) >= 11 is 0. The summed E-state index contributed by atoms with van der Waals surface area (Å²) in [6, 6.07) is 0. The highest BCUT2D eigenvalue weighted by atomic mass is 16.6. The molecule has 6 heteroatoms. The van der Waals surface area contributed by atoms with Crippen LogP contribution in [-0.4, -0.2) is 23.8 Å². The summed E-state index contributed by atoms with van der Waals surface area (Å²) in [5.41, 5.74) is 1.45. The van der Waals surface area contributed by atoms with Crippen molar-refractivity contribution in [3.05, 3.63) is 59.1 Å². The van der Waals surface area contributed by atoms with Crippen LogP contribution in [0.5, 0.6) is 0 Å². The zero-order chi connectivity index (χ0) is 21.7. The minimum atomic E-state index is -0.901. The second kappa shape index (κ2) is 7.17. The molecule has 4 unspecified atom stereocenters. The average Bonchev–Trinajstić information content (AvgIpc) is 3.03. The summed E-state index contributed by atoms with van der Waals surface area (Å²) in [5.74, 6) is -1.38. The summed E-state index contributed by atoms with van der Waals surface area (Å²) in [5, 5.41) is 0. The van der Waals surface area contributed by atoms with E-state index in [-0.39, 0.29) is 23.0 Å². The number of hydrogen-bond donors (Lipinski definition) is 0. The van der Waals surface area contributed by atoms with E-state index < -0.39 is 29.6 Å². The number of carbonyl (C=O) groups is 3. The number of aryl methyl sites for hydroxylation is 1. The van der Waals surface area contributed by atoms with Crippen molar-refractivity contribution in [1.82, 2.24) is 0 Å². The zero-order valence-electron chi connectivity index (χ0n) is 17.5. The van der Waals surface area contributed by atoms with Crippen molar-refractivity contribution in [3.8, 4) is 0 Å². The fraction of sp³-hybridized carbons (Fsp3) is 0.435. The van der Waals surface area contributed by atoms with Gasteiger partial charge in [-0.05, 0) is 26.3 Å². The van der Waals surface area contributed by atoms with E-state index in [1.807, 2.05) is 13.8 Å². The Morgan fingerprint density at radius 3 is 2.34 bits per heavy atom. The lowest BCUT2D eigenvalue weighted by atomic mass is 9.57. The molecule has 0 saturated carbocycles. The van der Waals surface area contributed by atoms with Gasteiger partial charge in [0.15, 0.2) is 5.76 Å². The summed E-state index contributed by atoms with van der Waals surface area (Å²) in [6.07, 6.45) is 2.38. The molecule has 0 amide bonds. The van der Waals surface area contributed by atoms with Crippen molar-refractivity contribution in [2.24, 2.45) is 11.3 Å². The lowest BCUT2D eigenvalue weighted by Crippen LogP contribution is -2.50. The number of ketones is 1. The number of rotatable bonds is 4. The van der Waals surface area contributed by atoms with Crippen LogP contribution >= 0.6 is 0 Å². The largest absolute Gasteiger partial charge is 0.460 e. The molecule has 0 bridgehead atoms. The van der Waals surface area contributed by atoms with E-state index in [2.05, 4.69) is 13.2 Å². The first-order valence-corrected chi connectivity index (χ1v) is 9.56. The summed E-state index contributed by atoms with van der Waals surface area (Å²) in [6.45, 7) is 16.0. The Morgan fingerprint density at radius 2 is 1.76 bits per heavy atom. The third-order valence-corrected chi connectivity index (χ3v) is 6.10. The first-order chi connectivity index (χ1) is 13.5. The van der Waals surface area contributed by atoms with Crippen molar-refractivity contribution >= 4 is 17.7 Å². The van der Waals surface area contributed by atoms with Crippen LogP contribution < -0.4 is 0 Å². The quantitative estimate of drug-likeness (QED) is 0.552. The first-order valence-electron chi connectivity index (χ1n) is 9.56. The van der Waals surface area contributed by atoms with Crippen LogP contribution in [0.15, 0.2) is 46.6 Å². The van der Waals surface area contributed by atoms with Crippen LogP contribution in [0.1, 0.15) is 61.9 Å². The number of Topliss-reactive ketones (excluding diaryl/α,β-unsaturated/α-hetero) is 1. The second-order valence-electron chi connectivity index (χ2n) is 8.21. The Labute approximate surface area is 170 Å². The standard InChI is InChI=1S/C23H26O6/c1-11(2)21(25)28-16-9-8-15-18(24)19-17(13(5)10-27-19)20(23(15,7)14(16)6)29-22(26)12(3)4/h8,10,14,16,20H,1,3,9H2,2,4-7H3. The monoisotopic (exact) mass is 398 g/mol. The third kappa shape index (κ3) is 3.16. The fourth-order valence-electron chi connectivity index (χ4n) is 4.16. The molecule has 2 aliphatic carbocycles. The lowest BCUT2D eigenvalue weighted by molar-refractivity contribution is -0.162. The van der Waals surface area contributed by atoms with E-state index in [9.17, 15) is 14.4 Å². The SMILES string of the molecule is C=C(C)C(=O)OC1CC=C2C(=O)c3occ(C)c3C(OC(=O)C(=C)C)C2(C)C1C. The minimum absolute atomic E-state index is 0.190. The van der Waals surface area contributed by atoms with Crippen molar-refractivity contribution < 1.29 is 28.3 Å². The first kappa shape index (κ1) is 20.8. The van der Waals surface area contributed by atoms with Crippen molar-refractivity contribution in [3.63, 3.8) is 0 Å². The topological polar surface area (TPSA) is 82.8 Å². The molecule has 4 atom stereocenters. The summed E-state index contributed by atoms with van der Waals surface area (Å²) in [7, 11) is 0. The molecule has 0 aliphatic heterocycles. The Morgan fingerprint density at radius 1 is 1.17 bits per heavy atom. The normalized spacial score (nSPS) is 28.0. The van der Waals surface area contributed by atoms with Crippen LogP contribution in [-0.2, 0) is 19.1 Å². The smallest absolute Gasteiger partial charge is 0.333 e. The number of esters is 2. The molecule has 0 radical (unpaired) electrons. The second-order valence-corrected chi connectivity index (χ2v) is 8.21. The molecule has 1 aromatic rings. The van der Waals surface area contributed by atoms with Gasteiger partial charge in [-0.3, -0.25) is 4.79 Å². The average molecular weight is 398 g/mol. The van der Waals surface area contributed by atoms with Crippen LogP contribution in [0.4, 0.5) is 0 Å². The van der Waals surface area contributed by atoms with Gasteiger partial charge in [0.1, 0.15) is 12.2 Å². The maximum atomic E-state index is 13.2. The van der Waals surface area contributed by atoms with Gasteiger partial charge in [0.2, 0.25) is 5.78 Å². The zero-order valence-corrected chi connectivity index (χ0v) is 17.5. The predicted molar refractivity (Wildman–Crippen MR) is 106 cm³/mol. The summed E-state index contributed by atoms with van der Waals surface area (Å²) in [4.78, 5) is 37.8. The predicted octanol–water partition coefficient (Wildman–Crippen LogP) is 4.41. The Bertz CT molecular complexity index is 962. The number of ether oxygens (including phenoxy) is 2. The van der Waals surface area contributed by atoms with E-state index in [0.29, 0.717) is 23.1 Å². The minimum Gasteiger partial charge on any atom is -0.460 e. The van der Waals surface area contributed by atoms with Crippen LogP contribution in [0, 0.1) is 18.3 Å². The van der Waals surface area contributed by atoms with Gasteiger partial charge < -0.3 is 13.9 Å². The van der Waals surface area contributed by atoms with E-state index in [1.54, 1.807) is 26.8 Å². The van der Waals surface area contributed by atoms with E-state index >= 15 is 0 Å². The number of fused-ring (bicyclic) bond motifs is 2.